The van der Waals surface area contributed by atoms with Gasteiger partial charge in [-0.3, -0.25) is 0 Å². The Morgan fingerprint density at radius 2 is 2.14 bits per heavy atom. The molecule has 1 aliphatic heterocycles. The minimum Gasteiger partial charge on any atom is -0.379 e. The number of anilines is 1. The number of amides is 2. The monoisotopic (exact) mass is 303 g/mol. The molecule has 0 aliphatic carbocycles. The molecule has 2 N–H and O–H groups in total. The van der Waals surface area contributed by atoms with Crippen LogP contribution in [0.25, 0.3) is 5.69 Å². The van der Waals surface area contributed by atoms with Crippen molar-refractivity contribution in [3.8, 4) is 5.69 Å². The lowest BCUT2D eigenvalue weighted by molar-refractivity contribution is 0.172. The molecule has 116 valence electrons. The zero-order valence-corrected chi connectivity index (χ0v) is 12.3. The molecule has 0 spiro atoms. The lowest BCUT2D eigenvalue weighted by atomic mass is 10.0. The van der Waals surface area contributed by atoms with Gasteiger partial charge in [0, 0.05) is 24.7 Å². The second-order valence-electron chi connectivity index (χ2n) is 5.70. The second-order valence-corrected chi connectivity index (χ2v) is 5.70. The Hall–Kier alpha value is -2.34. The number of carbonyl (C=O) groups excluding carboxylic acids is 1. The lowest BCUT2D eigenvalue weighted by Crippen LogP contribution is -2.48. The maximum absolute atomic E-state index is 13.9. The van der Waals surface area contributed by atoms with Crippen molar-refractivity contribution in [2.24, 2.45) is 0 Å². The summed E-state index contributed by atoms with van der Waals surface area (Å²) in [7, 11) is 0. The number of halogens is 1. The molecule has 6 heteroatoms. The molecule has 3 rings (SSSR count). The molecule has 0 bridgehead atoms. The van der Waals surface area contributed by atoms with Crippen LogP contribution in [0.2, 0.25) is 0 Å². The van der Waals surface area contributed by atoms with Gasteiger partial charge in [-0.05, 0) is 43.7 Å². The van der Waals surface area contributed by atoms with E-state index in [4.69, 9.17) is 4.74 Å². The van der Waals surface area contributed by atoms with Crippen LogP contribution >= 0.6 is 0 Å². The molecule has 1 aromatic carbocycles. The first-order valence-corrected chi connectivity index (χ1v) is 7.16. The Kier molecular flexibility index (Phi) is 3.85. The maximum atomic E-state index is 13.9. The number of hydrogen-bond donors (Lipinski definition) is 2. The molecular formula is C16H18FN3O2. The van der Waals surface area contributed by atoms with Crippen molar-refractivity contribution < 1.29 is 13.9 Å². The SMILES string of the molecule is CC1(NC(=O)Nc2cc(-n3cccc3)ccc2F)CCOC1. The molecule has 22 heavy (non-hydrogen) atoms. The quantitative estimate of drug-likeness (QED) is 0.916. The van der Waals surface area contributed by atoms with Gasteiger partial charge < -0.3 is 19.9 Å². The highest BCUT2D eigenvalue weighted by Crippen LogP contribution is 2.21. The van der Waals surface area contributed by atoms with Crippen LogP contribution in [0.3, 0.4) is 0 Å². The summed E-state index contributed by atoms with van der Waals surface area (Å²) in [5.41, 5.74) is 0.516. The summed E-state index contributed by atoms with van der Waals surface area (Å²) in [6, 6.07) is 7.92. The summed E-state index contributed by atoms with van der Waals surface area (Å²) < 4.78 is 21.0. The maximum Gasteiger partial charge on any atom is 0.319 e. The van der Waals surface area contributed by atoms with Gasteiger partial charge in [-0.2, -0.15) is 0 Å². The van der Waals surface area contributed by atoms with Gasteiger partial charge in [-0.25, -0.2) is 9.18 Å². The van der Waals surface area contributed by atoms with Gasteiger partial charge in [0.05, 0.1) is 17.8 Å². The molecule has 2 amide bonds. The second kappa shape index (κ2) is 5.81. The highest BCUT2D eigenvalue weighted by Gasteiger charge is 2.31. The van der Waals surface area contributed by atoms with Gasteiger partial charge in [-0.15, -0.1) is 0 Å². The Morgan fingerprint density at radius 1 is 1.36 bits per heavy atom. The van der Waals surface area contributed by atoms with Crippen molar-refractivity contribution in [1.82, 2.24) is 9.88 Å². The number of ether oxygens (including phenoxy) is 1. The molecule has 2 aromatic rings. The average molecular weight is 303 g/mol. The number of nitrogens with zero attached hydrogens (tertiary/aromatic N) is 1. The Balaban J connectivity index is 1.74. The first-order valence-electron chi connectivity index (χ1n) is 7.16. The summed E-state index contributed by atoms with van der Waals surface area (Å²) in [5.74, 6) is -0.473. The predicted octanol–water partition coefficient (Wildman–Crippen LogP) is 2.92. The molecular weight excluding hydrogens is 285 g/mol. The van der Waals surface area contributed by atoms with E-state index in [1.54, 1.807) is 12.1 Å². The van der Waals surface area contributed by atoms with Crippen LogP contribution in [-0.2, 0) is 4.74 Å². The first-order chi connectivity index (χ1) is 10.6. The first kappa shape index (κ1) is 14.6. The fraction of sp³-hybridized carbons (Fsp3) is 0.312. The minimum atomic E-state index is -0.473. The Morgan fingerprint density at radius 3 is 2.82 bits per heavy atom. The van der Waals surface area contributed by atoms with Crippen molar-refractivity contribution in [3.63, 3.8) is 0 Å². The largest absolute Gasteiger partial charge is 0.379 e. The molecule has 1 aromatic heterocycles. The van der Waals surface area contributed by atoms with Gasteiger partial charge in [0.1, 0.15) is 5.82 Å². The van der Waals surface area contributed by atoms with Crippen molar-refractivity contribution >= 4 is 11.7 Å². The number of benzene rings is 1. The van der Waals surface area contributed by atoms with E-state index < -0.39 is 17.4 Å². The molecule has 1 atom stereocenters. The predicted molar refractivity (Wildman–Crippen MR) is 81.7 cm³/mol. The van der Waals surface area contributed by atoms with Crippen LogP contribution in [0.4, 0.5) is 14.9 Å². The Labute approximate surface area is 128 Å². The van der Waals surface area contributed by atoms with Crippen molar-refractivity contribution in [3.05, 3.63) is 48.5 Å². The van der Waals surface area contributed by atoms with E-state index in [1.165, 1.54) is 6.07 Å². The summed E-state index contributed by atoms with van der Waals surface area (Å²) >= 11 is 0. The summed E-state index contributed by atoms with van der Waals surface area (Å²) in [5, 5.41) is 5.41. The van der Waals surface area contributed by atoms with Crippen LogP contribution in [0.5, 0.6) is 0 Å². The van der Waals surface area contributed by atoms with Crippen LogP contribution in [-0.4, -0.2) is 29.4 Å². The van der Waals surface area contributed by atoms with Gasteiger partial charge in [-0.1, -0.05) is 0 Å². The molecule has 1 unspecified atom stereocenters. The van der Waals surface area contributed by atoms with Crippen molar-refractivity contribution in [2.75, 3.05) is 18.5 Å². The number of rotatable bonds is 3. The topological polar surface area (TPSA) is 55.3 Å². The van der Waals surface area contributed by atoms with E-state index in [1.807, 2.05) is 36.0 Å². The molecule has 1 fully saturated rings. The highest BCUT2D eigenvalue weighted by atomic mass is 19.1. The van der Waals surface area contributed by atoms with Crippen molar-refractivity contribution in [2.45, 2.75) is 18.9 Å². The number of aromatic nitrogens is 1. The molecule has 0 radical (unpaired) electrons. The summed E-state index contributed by atoms with van der Waals surface area (Å²) in [4.78, 5) is 12.1. The number of carbonyl (C=O) groups is 1. The fourth-order valence-corrected chi connectivity index (χ4v) is 2.47. The zero-order chi connectivity index (χ0) is 15.6. The molecule has 5 nitrogen and oxygen atoms in total. The minimum absolute atomic E-state index is 0.145. The number of nitrogens with one attached hydrogen (secondary N) is 2. The third kappa shape index (κ3) is 3.12. The van der Waals surface area contributed by atoms with Crippen LogP contribution in [0.15, 0.2) is 42.7 Å². The van der Waals surface area contributed by atoms with E-state index in [9.17, 15) is 9.18 Å². The van der Waals surface area contributed by atoms with Crippen LogP contribution in [0, 0.1) is 5.82 Å². The highest BCUT2D eigenvalue weighted by molar-refractivity contribution is 5.90. The zero-order valence-electron chi connectivity index (χ0n) is 12.3. The van der Waals surface area contributed by atoms with E-state index in [2.05, 4.69) is 10.6 Å². The van der Waals surface area contributed by atoms with E-state index in [0.717, 1.165) is 12.1 Å². The standard InChI is InChI=1S/C16H18FN3O2/c1-16(6-9-22-11-16)19-15(21)18-14-10-12(4-5-13(14)17)20-7-2-3-8-20/h2-5,7-8,10H,6,9,11H2,1H3,(H2,18,19,21). The lowest BCUT2D eigenvalue weighted by Gasteiger charge is -2.23. The van der Waals surface area contributed by atoms with Crippen molar-refractivity contribution in [1.29, 1.82) is 0 Å². The van der Waals surface area contributed by atoms with Crippen LogP contribution < -0.4 is 10.6 Å². The summed E-state index contributed by atoms with van der Waals surface area (Å²) in [6.07, 6.45) is 4.45. The van der Waals surface area contributed by atoms with E-state index in [0.29, 0.717) is 13.2 Å². The third-order valence-corrected chi connectivity index (χ3v) is 3.73. The van der Waals surface area contributed by atoms with E-state index in [-0.39, 0.29) is 5.69 Å². The van der Waals surface area contributed by atoms with Gasteiger partial charge in [0.2, 0.25) is 0 Å². The Bertz CT molecular complexity index is 664. The third-order valence-electron chi connectivity index (χ3n) is 3.73. The van der Waals surface area contributed by atoms with Gasteiger partial charge >= 0.3 is 6.03 Å². The van der Waals surface area contributed by atoms with E-state index >= 15 is 0 Å². The smallest absolute Gasteiger partial charge is 0.319 e. The number of hydrogen-bond acceptors (Lipinski definition) is 2. The molecule has 0 saturated carbocycles. The summed E-state index contributed by atoms with van der Waals surface area (Å²) in [6.45, 7) is 2.99. The van der Waals surface area contributed by atoms with Gasteiger partial charge in [0.25, 0.3) is 0 Å². The molecule has 1 saturated heterocycles. The molecule has 2 heterocycles. The normalized spacial score (nSPS) is 20.8. The fourth-order valence-electron chi connectivity index (χ4n) is 2.47. The van der Waals surface area contributed by atoms with Gasteiger partial charge in [0.15, 0.2) is 0 Å². The molecule has 1 aliphatic rings. The average Bonchev–Trinajstić information content (AvgIpc) is 3.13. The van der Waals surface area contributed by atoms with Crippen LogP contribution in [0.1, 0.15) is 13.3 Å². The number of urea groups is 1.